The van der Waals surface area contributed by atoms with Crippen molar-refractivity contribution in [2.75, 3.05) is 5.32 Å². The summed E-state index contributed by atoms with van der Waals surface area (Å²) in [5.74, 6) is -0.984. The molecule has 0 atom stereocenters. The van der Waals surface area contributed by atoms with Gasteiger partial charge >= 0.3 is 5.97 Å². The number of benzene rings is 2. The molecule has 4 heteroatoms. The minimum absolute atomic E-state index is 0.0395. The Morgan fingerprint density at radius 1 is 1.00 bits per heavy atom. The van der Waals surface area contributed by atoms with Crippen LogP contribution < -0.4 is 5.32 Å². The fourth-order valence-electron chi connectivity index (χ4n) is 2.65. The summed E-state index contributed by atoms with van der Waals surface area (Å²) >= 11 is 0. The Balaban J connectivity index is 1.96. The van der Waals surface area contributed by atoms with Crippen molar-refractivity contribution in [3.05, 3.63) is 64.2 Å². The van der Waals surface area contributed by atoms with E-state index < -0.39 is 5.97 Å². The van der Waals surface area contributed by atoms with Crippen LogP contribution in [0.2, 0.25) is 0 Å². The van der Waals surface area contributed by atoms with Crippen LogP contribution in [0.5, 0.6) is 0 Å². The van der Waals surface area contributed by atoms with Crippen molar-refractivity contribution in [2.24, 2.45) is 0 Å². The zero-order valence-corrected chi connectivity index (χ0v) is 13.6. The van der Waals surface area contributed by atoms with Gasteiger partial charge in [0.05, 0.1) is 5.56 Å². The number of nitrogens with one attached hydrogen (secondary N) is 1. The lowest BCUT2D eigenvalue weighted by atomic mass is 10.0. The predicted octanol–water partition coefficient (Wildman–Crippen LogP) is 3.88. The maximum absolute atomic E-state index is 12.1. The molecule has 0 spiro atoms. The number of rotatable bonds is 5. The van der Waals surface area contributed by atoms with E-state index in [1.807, 2.05) is 32.9 Å². The largest absolute Gasteiger partial charge is 0.478 e. The fraction of sp³-hybridized carbons (Fsp3) is 0.263. The maximum Gasteiger partial charge on any atom is 0.335 e. The monoisotopic (exact) mass is 311 g/mol. The van der Waals surface area contributed by atoms with E-state index in [4.69, 9.17) is 5.11 Å². The highest BCUT2D eigenvalue weighted by Crippen LogP contribution is 2.22. The lowest BCUT2D eigenvalue weighted by molar-refractivity contribution is -0.116. The molecule has 2 N–H and O–H groups in total. The number of amides is 1. The molecule has 1 amide bonds. The number of hydrogen-bond donors (Lipinski definition) is 2. The van der Waals surface area contributed by atoms with Crippen LogP contribution in [0.15, 0.2) is 36.4 Å². The number of carbonyl (C=O) groups is 2. The van der Waals surface area contributed by atoms with Gasteiger partial charge < -0.3 is 10.4 Å². The van der Waals surface area contributed by atoms with E-state index in [9.17, 15) is 9.59 Å². The summed E-state index contributed by atoms with van der Waals surface area (Å²) in [4.78, 5) is 23.0. The van der Waals surface area contributed by atoms with Crippen molar-refractivity contribution in [1.82, 2.24) is 0 Å². The zero-order chi connectivity index (χ0) is 17.0. The first-order valence-corrected chi connectivity index (χ1v) is 7.57. The summed E-state index contributed by atoms with van der Waals surface area (Å²) < 4.78 is 0. The molecule has 2 rings (SSSR count). The van der Waals surface area contributed by atoms with Gasteiger partial charge in [0.15, 0.2) is 0 Å². The van der Waals surface area contributed by atoms with Gasteiger partial charge in [0, 0.05) is 12.1 Å². The van der Waals surface area contributed by atoms with E-state index in [1.165, 1.54) is 5.56 Å². The second kappa shape index (κ2) is 7.09. The average Bonchev–Trinajstić information content (AvgIpc) is 2.49. The smallest absolute Gasteiger partial charge is 0.335 e. The fourth-order valence-corrected chi connectivity index (χ4v) is 2.65. The summed E-state index contributed by atoms with van der Waals surface area (Å²) in [7, 11) is 0. The van der Waals surface area contributed by atoms with E-state index in [0.717, 1.165) is 22.4 Å². The molecule has 0 radical (unpaired) electrons. The van der Waals surface area contributed by atoms with E-state index in [-0.39, 0.29) is 11.5 Å². The number of aryl methyl sites for hydroxylation is 4. The van der Waals surface area contributed by atoms with Gasteiger partial charge in [0.1, 0.15) is 0 Å². The summed E-state index contributed by atoms with van der Waals surface area (Å²) in [6.45, 7) is 6.01. The summed E-state index contributed by atoms with van der Waals surface area (Å²) in [5.41, 5.74) is 5.37. The Bertz CT molecular complexity index is 710. The number of carboxylic acids is 1. The third-order valence-corrected chi connectivity index (χ3v) is 3.78. The van der Waals surface area contributed by atoms with Gasteiger partial charge in [0.2, 0.25) is 5.91 Å². The molecule has 0 aromatic heterocycles. The zero-order valence-electron chi connectivity index (χ0n) is 13.6. The minimum Gasteiger partial charge on any atom is -0.478 e. The first-order valence-electron chi connectivity index (χ1n) is 7.57. The number of aromatic carboxylic acids is 1. The molecule has 0 saturated heterocycles. The number of carbonyl (C=O) groups excluding carboxylic acids is 1. The van der Waals surface area contributed by atoms with Gasteiger partial charge in [-0.1, -0.05) is 29.8 Å². The van der Waals surface area contributed by atoms with Crippen LogP contribution >= 0.6 is 0 Å². The molecule has 0 heterocycles. The van der Waals surface area contributed by atoms with E-state index >= 15 is 0 Å². The lowest BCUT2D eigenvalue weighted by Crippen LogP contribution is -2.14. The van der Waals surface area contributed by atoms with Crippen molar-refractivity contribution in [3.8, 4) is 0 Å². The first kappa shape index (κ1) is 16.7. The Kier molecular flexibility index (Phi) is 5.16. The van der Waals surface area contributed by atoms with Crippen LogP contribution in [0.25, 0.3) is 0 Å². The van der Waals surface area contributed by atoms with Crippen molar-refractivity contribution < 1.29 is 14.7 Å². The molecule has 23 heavy (non-hydrogen) atoms. The average molecular weight is 311 g/mol. The van der Waals surface area contributed by atoms with Crippen molar-refractivity contribution >= 4 is 17.6 Å². The number of carboxylic acid groups (broad SMARTS) is 1. The molecular weight excluding hydrogens is 290 g/mol. The Hall–Kier alpha value is -2.62. The SMILES string of the molecule is Cc1cc(C)c(NC(=O)CCc2ccc(C(=O)O)cc2)c(C)c1. The van der Waals surface area contributed by atoms with Crippen molar-refractivity contribution in [2.45, 2.75) is 33.6 Å². The molecule has 2 aromatic carbocycles. The second-order valence-corrected chi connectivity index (χ2v) is 5.82. The van der Waals surface area contributed by atoms with Crippen LogP contribution in [-0.4, -0.2) is 17.0 Å². The molecule has 2 aromatic rings. The van der Waals surface area contributed by atoms with E-state index in [0.29, 0.717) is 12.8 Å². The molecule has 0 fully saturated rings. The predicted molar refractivity (Wildman–Crippen MR) is 91.0 cm³/mol. The van der Waals surface area contributed by atoms with Crippen molar-refractivity contribution in [1.29, 1.82) is 0 Å². The quantitative estimate of drug-likeness (QED) is 0.880. The van der Waals surface area contributed by atoms with Gasteiger partial charge in [-0.25, -0.2) is 4.79 Å². The Morgan fingerprint density at radius 3 is 2.09 bits per heavy atom. The number of anilines is 1. The standard InChI is InChI=1S/C19H21NO3/c1-12-10-13(2)18(14(3)11-12)20-17(21)9-6-15-4-7-16(8-5-15)19(22)23/h4-5,7-8,10-11H,6,9H2,1-3H3,(H,20,21)(H,22,23). The second-order valence-electron chi connectivity index (χ2n) is 5.82. The number of hydrogen-bond acceptors (Lipinski definition) is 2. The molecule has 0 unspecified atom stereocenters. The van der Waals surface area contributed by atoms with Gasteiger partial charge in [-0.05, 0) is 56.0 Å². The summed E-state index contributed by atoms with van der Waals surface area (Å²) in [6, 6.07) is 10.7. The molecule has 120 valence electrons. The van der Waals surface area contributed by atoms with E-state index in [1.54, 1.807) is 24.3 Å². The molecule has 4 nitrogen and oxygen atoms in total. The third-order valence-electron chi connectivity index (χ3n) is 3.78. The van der Waals surface area contributed by atoms with Gasteiger partial charge in [-0.3, -0.25) is 4.79 Å². The van der Waals surface area contributed by atoms with Crippen LogP contribution in [0.3, 0.4) is 0 Å². The molecule has 0 aliphatic rings. The van der Waals surface area contributed by atoms with Crippen LogP contribution in [0.4, 0.5) is 5.69 Å². The molecule has 0 saturated carbocycles. The van der Waals surface area contributed by atoms with Crippen molar-refractivity contribution in [3.63, 3.8) is 0 Å². The maximum atomic E-state index is 12.1. The third kappa shape index (κ3) is 4.42. The normalized spacial score (nSPS) is 10.4. The summed E-state index contributed by atoms with van der Waals surface area (Å²) in [5, 5.41) is 11.8. The van der Waals surface area contributed by atoms with Crippen LogP contribution in [-0.2, 0) is 11.2 Å². The molecular formula is C19H21NO3. The first-order chi connectivity index (χ1) is 10.9. The van der Waals surface area contributed by atoms with Gasteiger partial charge in [-0.15, -0.1) is 0 Å². The molecule has 0 bridgehead atoms. The van der Waals surface area contributed by atoms with Crippen LogP contribution in [0.1, 0.15) is 39.0 Å². The van der Waals surface area contributed by atoms with Crippen LogP contribution in [0, 0.1) is 20.8 Å². The summed E-state index contributed by atoms with van der Waals surface area (Å²) in [6.07, 6.45) is 0.939. The van der Waals surface area contributed by atoms with Gasteiger partial charge in [-0.2, -0.15) is 0 Å². The minimum atomic E-state index is -0.945. The Morgan fingerprint density at radius 2 is 1.57 bits per heavy atom. The molecule has 0 aliphatic carbocycles. The van der Waals surface area contributed by atoms with Gasteiger partial charge in [0.25, 0.3) is 0 Å². The lowest BCUT2D eigenvalue weighted by Gasteiger charge is -2.13. The molecule has 0 aliphatic heterocycles. The highest BCUT2D eigenvalue weighted by Gasteiger charge is 2.09. The highest BCUT2D eigenvalue weighted by atomic mass is 16.4. The Labute approximate surface area is 136 Å². The highest BCUT2D eigenvalue weighted by molar-refractivity contribution is 5.92. The topological polar surface area (TPSA) is 66.4 Å². The van der Waals surface area contributed by atoms with E-state index in [2.05, 4.69) is 5.32 Å².